The minimum absolute atomic E-state index is 0.137. The molecule has 0 aliphatic carbocycles. The molecule has 2 rings (SSSR count). The normalized spacial score (nSPS) is 11.9. The number of halogens is 3. The van der Waals surface area contributed by atoms with E-state index in [1.807, 2.05) is 13.8 Å². The lowest BCUT2D eigenvalue weighted by molar-refractivity contribution is -0.274. The number of benzene rings is 1. The topological polar surface area (TPSA) is 50.0 Å². The molecule has 0 fully saturated rings. The van der Waals surface area contributed by atoms with Gasteiger partial charge in [-0.3, -0.25) is 0 Å². The van der Waals surface area contributed by atoms with Crippen molar-refractivity contribution in [3.05, 3.63) is 29.5 Å². The van der Waals surface area contributed by atoms with Crippen molar-refractivity contribution in [2.24, 2.45) is 7.05 Å². The first-order chi connectivity index (χ1) is 10.2. The molecule has 0 amide bonds. The number of nitrogens with zero attached hydrogens (tertiary/aromatic N) is 2. The van der Waals surface area contributed by atoms with Gasteiger partial charge in [-0.05, 0) is 12.1 Å². The predicted octanol–water partition coefficient (Wildman–Crippen LogP) is 3.45. The summed E-state index contributed by atoms with van der Waals surface area (Å²) in [6.45, 7) is 4.13. The Morgan fingerprint density at radius 2 is 2.05 bits per heavy atom. The second-order valence-corrected chi connectivity index (χ2v) is 5.23. The van der Waals surface area contributed by atoms with Gasteiger partial charge in [0, 0.05) is 30.6 Å². The molecule has 0 unspecified atom stereocenters. The lowest BCUT2D eigenvalue weighted by atomic mass is 10.1. The number of fused-ring (bicyclic) bond motifs is 1. The highest BCUT2D eigenvalue weighted by molar-refractivity contribution is 5.92. The molecule has 0 spiro atoms. The second kappa shape index (κ2) is 5.89. The third kappa shape index (κ3) is 3.17. The molecule has 0 saturated heterocycles. The first-order valence-corrected chi connectivity index (χ1v) is 6.74. The van der Waals surface area contributed by atoms with Crippen molar-refractivity contribution in [3.8, 4) is 11.8 Å². The maximum absolute atomic E-state index is 12.6. The van der Waals surface area contributed by atoms with Crippen LogP contribution in [0.25, 0.3) is 10.9 Å². The molecular weight excluding hydrogens is 295 g/mol. The fourth-order valence-electron chi connectivity index (χ4n) is 2.37. The van der Waals surface area contributed by atoms with Crippen molar-refractivity contribution in [1.29, 1.82) is 5.26 Å². The number of hydrogen-bond donors (Lipinski definition) is 1. The van der Waals surface area contributed by atoms with Crippen molar-refractivity contribution < 1.29 is 17.9 Å². The number of nitrogens with one attached hydrogen (secondary N) is 1. The average molecular weight is 311 g/mol. The van der Waals surface area contributed by atoms with Crippen LogP contribution in [0.15, 0.2) is 18.2 Å². The molecule has 7 heteroatoms. The summed E-state index contributed by atoms with van der Waals surface area (Å²) in [6.07, 6.45) is -4.78. The second-order valence-electron chi connectivity index (χ2n) is 5.23. The summed E-state index contributed by atoms with van der Waals surface area (Å²) in [5.74, 6) is -0.289. The molecule has 0 bridgehead atoms. The minimum Gasteiger partial charge on any atom is -0.405 e. The lowest BCUT2D eigenvalue weighted by Crippen LogP contribution is -2.22. The van der Waals surface area contributed by atoms with Crippen LogP contribution in [0.1, 0.15) is 25.1 Å². The summed E-state index contributed by atoms with van der Waals surface area (Å²) in [5.41, 5.74) is 1.36. The number of alkyl halides is 3. The largest absolute Gasteiger partial charge is 0.573 e. The zero-order chi connectivity index (χ0) is 16.5. The van der Waals surface area contributed by atoms with Crippen molar-refractivity contribution in [1.82, 2.24) is 9.88 Å². The van der Waals surface area contributed by atoms with Gasteiger partial charge >= 0.3 is 6.36 Å². The van der Waals surface area contributed by atoms with Crippen LogP contribution < -0.4 is 10.1 Å². The van der Waals surface area contributed by atoms with Crippen LogP contribution in [0, 0.1) is 11.3 Å². The predicted molar refractivity (Wildman–Crippen MR) is 76.3 cm³/mol. The van der Waals surface area contributed by atoms with E-state index in [0.717, 1.165) is 0 Å². The number of ether oxygens (including phenoxy) is 1. The average Bonchev–Trinajstić information content (AvgIpc) is 2.68. The van der Waals surface area contributed by atoms with Gasteiger partial charge in [0.25, 0.3) is 0 Å². The standard InChI is InChI=1S/C15H16F3N3O/c1-9(2)20-8-10-12(7-19)21(3)11-5-4-6-13(14(10)11)22-15(16,17)18/h4-6,9,20H,8H2,1-3H3. The molecule has 2 aromatic rings. The van der Waals surface area contributed by atoms with Gasteiger partial charge in [-0.2, -0.15) is 5.26 Å². The summed E-state index contributed by atoms with van der Waals surface area (Å²) in [7, 11) is 1.65. The number of hydrogen-bond acceptors (Lipinski definition) is 3. The van der Waals surface area contributed by atoms with Gasteiger partial charge in [-0.15, -0.1) is 13.2 Å². The van der Waals surface area contributed by atoms with E-state index in [4.69, 9.17) is 0 Å². The Bertz CT molecular complexity index is 726. The molecular formula is C15H16F3N3O. The van der Waals surface area contributed by atoms with Crippen molar-refractivity contribution >= 4 is 10.9 Å². The molecule has 118 valence electrons. The van der Waals surface area contributed by atoms with Crippen LogP contribution in [-0.4, -0.2) is 17.0 Å². The summed E-state index contributed by atoms with van der Waals surface area (Å²) in [4.78, 5) is 0. The Morgan fingerprint density at radius 3 is 2.59 bits per heavy atom. The number of aryl methyl sites for hydroxylation is 1. The summed E-state index contributed by atoms with van der Waals surface area (Å²) < 4.78 is 43.5. The number of nitriles is 1. The Kier molecular flexibility index (Phi) is 4.33. The molecule has 1 N–H and O–H groups in total. The fourth-order valence-corrected chi connectivity index (χ4v) is 2.37. The highest BCUT2D eigenvalue weighted by Gasteiger charge is 2.33. The lowest BCUT2D eigenvalue weighted by Gasteiger charge is -2.12. The van der Waals surface area contributed by atoms with E-state index in [2.05, 4.69) is 16.1 Å². The quantitative estimate of drug-likeness (QED) is 0.941. The van der Waals surface area contributed by atoms with Crippen LogP contribution in [0.2, 0.25) is 0 Å². The maximum atomic E-state index is 12.6. The zero-order valence-electron chi connectivity index (χ0n) is 12.5. The third-order valence-electron chi connectivity index (χ3n) is 3.31. The van der Waals surface area contributed by atoms with Crippen molar-refractivity contribution in [2.75, 3.05) is 0 Å². The molecule has 0 atom stereocenters. The van der Waals surface area contributed by atoms with Crippen molar-refractivity contribution in [3.63, 3.8) is 0 Å². The SMILES string of the molecule is CC(C)NCc1c(C#N)n(C)c2cccc(OC(F)(F)F)c12. The van der Waals surface area contributed by atoms with E-state index < -0.39 is 6.36 Å². The van der Waals surface area contributed by atoms with E-state index in [0.29, 0.717) is 22.2 Å². The molecule has 1 heterocycles. The molecule has 1 aromatic carbocycles. The maximum Gasteiger partial charge on any atom is 0.573 e. The summed E-state index contributed by atoms with van der Waals surface area (Å²) >= 11 is 0. The van der Waals surface area contributed by atoms with E-state index in [-0.39, 0.29) is 18.3 Å². The van der Waals surface area contributed by atoms with Gasteiger partial charge in [0.05, 0.1) is 5.52 Å². The molecule has 0 saturated carbocycles. The monoisotopic (exact) mass is 311 g/mol. The van der Waals surface area contributed by atoms with Crippen LogP contribution in [0.4, 0.5) is 13.2 Å². The summed E-state index contributed by atoms with van der Waals surface area (Å²) in [6, 6.07) is 6.59. The molecule has 0 radical (unpaired) electrons. The number of rotatable bonds is 4. The summed E-state index contributed by atoms with van der Waals surface area (Å²) in [5, 5.41) is 12.8. The van der Waals surface area contributed by atoms with Gasteiger partial charge in [0.15, 0.2) is 0 Å². The first-order valence-electron chi connectivity index (χ1n) is 6.74. The van der Waals surface area contributed by atoms with E-state index in [1.165, 1.54) is 12.1 Å². The van der Waals surface area contributed by atoms with Gasteiger partial charge in [0.2, 0.25) is 0 Å². The van der Waals surface area contributed by atoms with Crippen LogP contribution in [0.5, 0.6) is 5.75 Å². The molecule has 0 aliphatic heterocycles. The molecule has 0 aliphatic rings. The first kappa shape index (κ1) is 16.2. The highest BCUT2D eigenvalue weighted by atomic mass is 19.4. The molecule has 1 aromatic heterocycles. The van der Waals surface area contributed by atoms with E-state index in [1.54, 1.807) is 17.7 Å². The van der Waals surface area contributed by atoms with Gasteiger partial charge in [-0.1, -0.05) is 19.9 Å². The Labute approximate surface area is 126 Å². The van der Waals surface area contributed by atoms with Gasteiger partial charge in [-0.25, -0.2) is 0 Å². The molecule has 22 heavy (non-hydrogen) atoms. The number of aromatic nitrogens is 1. The Hall–Kier alpha value is -2.20. The minimum atomic E-state index is -4.78. The highest BCUT2D eigenvalue weighted by Crippen LogP contribution is 2.35. The van der Waals surface area contributed by atoms with Crippen LogP contribution in [-0.2, 0) is 13.6 Å². The van der Waals surface area contributed by atoms with Gasteiger partial charge < -0.3 is 14.6 Å². The zero-order valence-corrected chi connectivity index (χ0v) is 12.5. The Morgan fingerprint density at radius 1 is 1.36 bits per heavy atom. The van der Waals surface area contributed by atoms with Gasteiger partial charge in [0.1, 0.15) is 17.5 Å². The molecule has 4 nitrogen and oxygen atoms in total. The van der Waals surface area contributed by atoms with Crippen LogP contribution in [0.3, 0.4) is 0 Å². The van der Waals surface area contributed by atoms with E-state index >= 15 is 0 Å². The van der Waals surface area contributed by atoms with E-state index in [9.17, 15) is 18.4 Å². The Balaban J connectivity index is 2.66. The van der Waals surface area contributed by atoms with Crippen LogP contribution >= 0.6 is 0 Å². The third-order valence-corrected chi connectivity index (χ3v) is 3.31. The fraction of sp³-hybridized carbons (Fsp3) is 0.400. The smallest absolute Gasteiger partial charge is 0.405 e. The van der Waals surface area contributed by atoms with Crippen molar-refractivity contribution in [2.45, 2.75) is 32.8 Å².